The van der Waals surface area contributed by atoms with Crippen molar-refractivity contribution < 1.29 is 18.7 Å². The number of aryl methyl sites for hydroxylation is 1. The molecule has 16 heavy (non-hydrogen) atoms. The molecule has 1 aromatic rings. The molecule has 0 amide bonds. The summed E-state index contributed by atoms with van der Waals surface area (Å²) in [6.07, 6.45) is -0.682. The van der Waals surface area contributed by atoms with Crippen molar-refractivity contribution in [1.82, 2.24) is 0 Å². The molecule has 0 bridgehead atoms. The van der Waals surface area contributed by atoms with Gasteiger partial charge in [0.15, 0.2) is 5.41 Å². The fourth-order valence-electron chi connectivity index (χ4n) is 1.91. The highest BCUT2D eigenvalue weighted by Crippen LogP contribution is 2.63. The second-order valence-corrected chi connectivity index (χ2v) is 4.41. The van der Waals surface area contributed by atoms with Crippen LogP contribution in [0.5, 0.6) is 0 Å². The van der Waals surface area contributed by atoms with Gasteiger partial charge in [0.25, 0.3) is 5.92 Å². The summed E-state index contributed by atoms with van der Waals surface area (Å²) in [6, 6.07) is 4.54. The van der Waals surface area contributed by atoms with Crippen molar-refractivity contribution in [1.29, 1.82) is 0 Å². The first-order valence-corrected chi connectivity index (χ1v) is 5.07. The average molecular weight is 247 g/mol. The summed E-state index contributed by atoms with van der Waals surface area (Å²) in [7, 11) is 0. The second-order valence-electron chi connectivity index (χ2n) is 4.03. The highest BCUT2D eigenvalue weighted by atomic mass is 35.5. The molecule has 0 spiro atoms. The lowest BCUT2D eigenvalue weighted by molar-refractivity contribution is -0.142. The largest absolute Gasteiger partial charge is 0.480 e. The molecule has 0 heterocycles. The predicted octanol–water partition coefficient (Wildman–Crippen LogP) is 3.01. The lowest BCUT2D eigenvalue weighted by Gasteiger charge is -2.14. The zero-order valence-corrected chi connectivity index (χ0v) is 9.18. The third kappa shape index (κ3) is 1.26. The number of carbonyl (C=O) groups is 1. The van der Waals surface area contributed by atoms with E-state index < -0.39 is 23.7 Å². The van der Waals surface area contributed by atoms with Crippen molar-refractivity contribution in [3.05, 3.63) is 34.3 Å². The van der Waals surface area contributed by atoms with Gasteiger partial charge in [0.2, 0.25) is 0 Å². The average Bonchev–Trinajstić information content (AvgIpc) is 2.75. The quantitative estimate of drug-likeness (QED) is 0.871. The summed E-state index contributed by atoms with van der Waals surface area (Å²) in [5.41, 5.74) is -1.52. The van der Waals surface area contributed by atoms with E-state index in [9.17, 15) is 13.6 Å². The number of rotatable bonds is 2. The summed E-state index contributed by atoms with van der Waals surface area (Å²) in [6.45, 7) is 1.65. The van der Waals surface area contributed by atoms with E-state index >= 15 is 0 Å². The molecule has 1 atom stereocenters. The van der Waals surface area contributed by atoms with E-state index in [0.29, 0.717) is 5.56 Å². The summed E-state index contributed by atoms with van der Waals surface area (Å²) in [5, 5.41) is 9.08. The van der Waals surface area contributed by atoms with Crippen LogP contribution in [0.25, 0.3) is 0 Å². The molecule has 0 aromatic heterocycles. The maximum absolute atomic E-state index is 13.3. The molecule has 2 rings (SSSR count). The predicted molar refractivity (Wildman–Crippen MR) is 55.1 cm³/mol. The Labute approximate surface area is 95.8 Å². The summed E-state index contributed by atoms with van der Waals surface area (Å²) in [5.74, 6) is -4.74. The minimum atomic E-state index is -3.21. The Morgan fingerprint density at radius 1 is 1.50 bits per heavy atom. The maximum Gasteiger partial charge on any atom is 0.320 e. The van der Waals surface area contributed by atoms with Crippen LogP contribution in [0.1, 0.15) is 17.5 Å². The van der Waals surface area contributed by atoms with Crippen LogP contribution in [0.2, 0.25) is 5.02 Å². The molecule has 2 nitrogen and oxygen atoms in total. The lowest BCUT2D eigenvalue weighted by Crippen LogP contribution is -2.27. The third-order valence-corrected chi connectivity index (χ3v) is 3.50. The molecule has 1 aromatic carbocycles. The van der Waals surface area contributed by atoms with E-state index in [1.807, 2.05) is 0 Å². The van der Waals surface area contributed by atoms with E-state index in [4.69, 9.17) is 16.7 Å². The molecule has 0 aliphatic heterocycles. The summed E-state index contributed by atoms with van der Waals surface area (Å²) >= 11 is 5.89. The van der Waals surface area contributed by atoms with Gasteiger partial charge in [-0.05, 0) is 18.1 Å². The van der Waals surface area contributed by atoms with Gasteiger partial charge in [0.1, 0.15) is 0 Å². The topological polar surface area (TPSA) is 37.3 Å². The minimum absolute atomic E-state index is 0.00617. The Hall–Kier alpha value is -1.16. The fraction of sp³-hybridized carbons (Fsp3) is 0.364. The van der Waals surface area contributed by atoms with Gasteiger partial charge in [0.05, 0.1) is 0 Å². The van der Waals surface area contributed by atoms with Gasteiger partial charge in [-0.25, -0.2) is 8.78 Å². The molecular formula is C11H9ClF2O2. The van der Waals surface area contributed by atoms with Crippen molar-refractivity contribution in [2.24, 2.45) is 0 Å². The number of aliphatic carboxylic acids is 1. The van der Waals surface area contributed by atoms with E-state index in [1.54, 1.807) is 13.0 Å². The van der Waals surface area contributed by atoms with Gasteiger partial charge in [0, 0.05) is 11.4 Å². The van der Waals surface area contributed by atoms with Crippen LogP contribution < -0.4 is 0 Å². The first-order valence-electron chi connectivity index (χ1n) is 4.70. The number of carboxylic acids is 1. The van der Waals surface area contributed by atoms with Crippen LogP contribution in [-0.2, 0) is 10.2 Å². The number of benzene rings is 1. The smallest absolute Gasteiger partial charge is 0.320 e. The molecule has 1 N–H and O–H groups in total. The van der Waals surface area contributed by atoms with Gasteiger partial charge in [-0.15, -0.1) is 0 Å². The maximum atomic E-state index is 13.3. The van der Waals surface area contributed by atoms with Crippen molar-refractivity contribution in [3.8, 4) is 0 Å². The van der Waals surface area contributed by atoms with E-state index in [0.717, 1.165) is 0 Å². The lowest BCUT2D eigenvalue weighted by atomic mass is 9.94. The Balaban J connectivity index is 2.60. The highest BCUT2D eigenvalue weighted by molar-refractivity contribution is 6.32. The molecule has 1 fully saturated rings. The van der Waals surface area contributed by atoms with Crippen molar-refractivity contribution in [2.45, 2.75) is 24.7 Å². The molecule has 0 radical (unpaired) electrons. The molecule has 1 saturated carbocycles. The molecule has 0 saturated heterocycles. The number of alkyl halides is 2. The Kier molecular flexibility index (Phi) is 2.24. The third-order valence-electron chi connectivity index (χ3n) is 3.00. The molecule has 1 aliphatic rings. The van der Waals surface area contributed by atoms with Crippen molar-refractivity contribution in [3.63, 3.8) is 0 Å². The normalized spacial score (nSPS) is 26.5. The molecule has 5 heteroatoms. The van der Waals surface area contributed by atoms with Gasteiger partial charge in [-0.3, -0.25) is 4.79 Å². The van der Waals surface area contributed by atoms with Crippen molar-refractivity contribution >= 4 is 17.6 Å². The van der Waals surface area contributed by atoms with Gasteiger partial charge < -0.3 is 5.11 Å². The molecular weight excluding hydrogens is 238 g/mol. The molecule has 1 unspecified atom stereocenters. The number of carboxylic acid groups (broad SMARTS) is 1. The van der Waals surface area contributed by atoms with Crippen LogP contribution >= 0.6 is 11.6 Å². The van der Waals surface area contributed by atoms with Crippen LogP contribution in [0.3, 0.4) is 0 Å². The Morgan fingerprint density at radius 3 is 2.50 bits per heavy atom. The van der Waals surface area contributed by atoms with Gasteiger partial charge in [-0.2, -0.15) is 0 Å². The number of halogens is 3. The Morgan fingerprint density at radius 2 is 2.06 bits per heavy atom. The molecule has 86 valence electrons. The SMILES string of the molecule is Cc1cccc(C2(C(=O)O)CC2(F)F)c1Cl. The van der Waals surface area contributed by atoms with Crippen molar-refractivity contribution in [2.75, 3.05) is 0 Å². The Bertz CT molecular complexity index is 473. The van der Waals surface area contributed by atoms with Gasteiger partial charge >= 0.3 is 5.97 Å². The zero-order valence-electron chi connectivity index (χ0n) is 8.43. The first-order chi connectivity index (χ1) is 7.33. The standard InChI is InChI=1S/C11H9ClF2O2/c1-6-3-2-4-7(8(6)12)10(9(15)16)5-11(10,13)14/h2-4H,5H2,1H3,(H,15,16). The zero-order chi connectivity index (χ0) is 12.1. The van der Waals surface area contributed by atoms with E-state index in [2.05, 4.69) is 0 Å². The monoisotopic (exact) mass is 246 g/mol. The van der Waals surface area contributed by atoms with E-state index in [-0.39, 0.29) is 10.6 Å². The van der Waals surface area contributed by atoms with Crippen LogP contribution in [0.4, 0.5) is 8.78 Å². The summed E-state index contributed by atoms with van der Waals surface area (Å²) in [4.78, 5) is 11.0. The van der Waals surface area contributed by atoms with Crippen LogP contribution in [0.15, 0.2) is 18.2 Å². The highest BCUT2D eigenvalue weighted by Gasteiger charge is 2.77. The first kappa shape index (κ1) is 11.3. The van der Waals surface area contributed by atoms with E-state index in [1.165, 1.54) is 12.1 Å². The second kappa shape index (κ2) is 3.17. The fourth-order valence-corrected chi connectivity index (χ4v) is 2.19. The summed E-state index contributed by atoms with van der Waals surface area (Å²) < 4.78 is 26.5. The minimum Gasteiger partial charge on any atom is -0.480 e. The van der Waals surface area contributed by atoms with Crippen LogP contribution in [0, 0.1) is 6.92 Å². The van der Waals surface area contributed by atoms with Gasteiger partial charge in [-0.1, -0.05) is 29.8 Å². The number of hydrogen-bond donors (Lipinski definition) is 1. The number of hydrogen-bond acceptors (Lipinski definition) is 1. The van der Waals surface area contributed by atoms with Crippen LogP contribution in [-0.4, -0.2) is 17.0 Å². The molecule has 1 aliphatic carbocycles.